The Morgan fingerprint density at radius 2 is 1.45 bits per heavy atom. The van der Waals surface area contributed by atoms with Crippen molar-refractivity contribution in [2.75, 3.05) is 26.4 Å². The minimum Gasteiger partial charge on any atom is -0.381 e. The third kappa shape index (κ3) is 3.21. The Morgan fingerprint density at radius 1 is 1.09 bits per heavy atom. The molecule has 0 spiro atoms. The largest absolute Gasteiger partial charge is 0.381 e. The van der Waals surface area contributed by atoms with Crippen molar-refractivity contribution in [1.82, 2.24) is 0 Å². The highest BCUT2D eigenvalue weighted by Crippen LogP contribution is 2.24. The molecule has 0 radical (unpaired) electrons. The van der Waals surface area contributed by atoms with E-state index in [9.17, 15) is 0 Å². The molecule has 2 heteroatoms. The van der Waals surface area contributed by atoms with Crippen LogP contribution in [0.15, 0.2) is 0 Å². The maximum atomic E-state index is 4.94. The van der Waals surface area contributed by atoms with E-state index in [2.05, 4.69) is 20.8 Å². The van der Waals surface area contributed by atoms with Crippen LogP contribution in [0, 0.1) is 11.3 Å². The first kappa shape index (κ1) is 9.01. The Bertz CT molecular complexity index is 111. The minimum atomic E-state index is 0.500. The Kier molecular flexibility index (Phi) is 2.90. The summed E-state index contributed by atoms with van der Waals surface area (Å²) in [6.07, 6.45) is 0. The molecule has 0 aliphatic carbocycles. The Labute approximate surface area is 68.9 Å². The van der Waals surface area contributed by atoms with Crippen LogP contribution in [0.5, 0.6) is 0 Å². The second-order valence-electron chi connectivity index (χ2n) is 4.30. The average Bonchev–Trinajstić information content (AvgIpc) is 1.82. The van der Waals surface area contributed by atoms with Crippen LogP contribution in [0.1, 0.15) is 20.8 Å². The lowest BCUT2D eigenvalue weighted by Crippen LogP contribution is -2.36. The van der Waals surface area contributed by atoms with Crippen LogP contribution >= 0.6 is 0 Å². The van der Waals surface area contributed by atoms with Crippen molar-refractivity contribution >= 4 is 0 Å². The highest BCUT2D eigenvalue weighted by atomic mass is 16.5. The number of ether oxygens (including phenoxy) is 2. The lowest BCUT2D eigenvalue weighted by molar-refractivity contribution is -0.0892. The summed E-state index contributed by atoms with van der Waals surface area (Å²) < 4.78 is 9.77. The molecular formula is C9H18O2. The molecule has 0 saturated carbocycles. The highest BCUT2D eigenvalue weighted by molar-refractivity contribution is 4.73. The van der Waals surface area contributed by atoms with E-state index < -0.39 is 0 Å². The summed E-state index contributed by atoms with van der Waals surface area (Å²) in [5.74, 6) is 0.843. The van der Waals surface area contributed by atoms with E-state index in [4.69, 9.17) is 9.47 Å². The maximum Gasteiger partial charge on any atom is 0.0539 e. The smallest absolute Gasteiger partial charge is 0.0539 e. The van der Waals surface area contributed by atoms with E-state index >= 15 is 0 Å². The quantitative estimate of drug-likeness (QED) is 0.534. The van der Waals surface area contributed by atoms with Crippen molar-refractivity contribution in [2.45, 2.75) is 20.8 Å². The van der Waals surface area contributed by atoms with Gasteiger partial charge < -0.3 is 9.47 Å². The van der Waals surface area contributed by atoms with Gasteiger partial charge in [-0.15, -0.1) is 0 Å². The van der Waals surface area contributed by atoms with Crippen LogP contribution in [0.2, 0.25) is 0 Å². The summed E-state index contributed by atoms with van der Waals surface area (Å²) >= 11 is 0. The average molecular weight is 158 g/mol. The van der Waals surface area contributed by atoms with Gasteiger partial charge in [-0.25, -0.2) is 0 Å². The first-order chi connectivity index (χ1) is 5.10. The van der Waals surface area contributed by atoms with Crippen molar-refractivity contribution in [3.05, 3.63) is 0 Å². The molecule has 2 rings (SSSR count). The Balaban J connectivity index is 0.000000112. The van der Waals surface area contributed by atoms with Crippen molar-refractivity contribution in [3.8, 4) is 0 Å². The van der Waals surface area contributed by atoms with Gasteiger partial charge in [0, 0.05) is 11.3 Å². The fourth-order valence-corrected chi connectivity index (χ4v) is 0.864. The number of hydrogen-bond acceptors (Lipinski definition) is 2. The summed E-state index contributed by atoms with van der Waals surface area (Å²) in [5.41, 5.74) is 0.500. The van der Waals surface area contributed by atoms with Crippen molar-refractivity contribution in [1.29, 1.82) is 0 Å². The fourth-order valence-electron chi connectivity index (χ4n) is 0.864. The standard InChI is InChI=1S/C5H10O.C4H8O/c1-5(2)3-6-4-5;1-4-2-5-3-4/h3-4H2,1-2H3;4H,2-3H2,1H3. The van der Waals surface area contributed by atoms with Crippen molar-refractivity contribution in [3.63, 3.8) is 0 Å². The minimum absolute atomic E-state index is 0.500. The number of hydrogen-bond donors (Lipinski definition) is 0. The van der Waals surface area contributed by atoms with E-state index in [-0.39, 0.29) is 0 Å². The second kappa shape index (κ2) is 3.55. The van der Waals surface area contributed by atoms with E-state index in [0.29, 0.717) is 5.41 Å². The molecule has 0 amide bonds. The van der Waals surface area contributed by atoms with Crippen LogP contribution < -0.4 is 0 Å². The Morgan fingerprint density at radius 3 is 1.45 bits per heavy atom. The zero-order valence-corrected chi connectivity index (χ0v) is 7.72. The van der Waals surface area contributed by atoms with Crippen LogP contribution in [0.4, 0.5) is 0 Å². The lowest BCUT2D eigenvalue weighted by atomic mass is 9.92. The van der Waals surface area contributed by atoms with E-state index in [1.165, 1.54) is 0 Å². The highest BCUT2D eigenvalue weighted by Gasteiger charge is 2.26. The predicted molar refractivity (Wildman–Crippen MR) is 44.6 cm³/mol. The van der Waals surface area contributed by atoms with Gasteiger partial charge in [-0.2, -0.15) is 0 Å². The second-order valence-corrected chi connectivity index (χ2v) is 4.30. The molecule has 0 atom stereocenters. The van der Waals surface area contributed by atoms with Gasteiger partial charge in [0.15, 0.2) is 0 Å². The predicted octanol–water partition coefficient (Wildman–Crippen LogP) is 1.70. The SMILES string of the molecule is CC1(C)COC1.CC1COC1. The molecule has 66 valence electrons. The summed E-state index contributed by atoms with van der Waals surface area (Å²) in [5, 5.41) is 0. The van der Waals surface area contributed by atoms with E-state index in [1.54, 1.807) is 0 Å². The molecule has 11 heavy (non-hydrogen) atoms. The zero-order chi connectivity index (χ0) is 8.32. The van der Waals surface area contributed by atoms with Gasteiger partial charge in [0.25, 0.3) is 0 Å². The molecule has 2 nitrogen and oxygen atoms in total. The van der Waals surface area contributed by atoms with Gasteiger partial charge in [-0.3, -0.25) is 0 Å². The zero-order valence-electron chi connectivity index (χ0n) is 7.72. The van der Waals surface area contributed by atoms with E-state index in [1.807, 2.05) is 0 Å². The first-order valence-corrected chi connectivity index (χ1v) is 4.26. The van der Waals surface area contributed by atoms with Gasteiger partial charge in [-0.1, -0.05) is 20.8 Å². The molecular weight excluding hydrogens is 140 g/mol. The fraction of sp³-hybridized carbons (Fsp3) is 1.00. The van der Waals surface area contributed by atoms with Crippen molar-refractivity contribution in [2.24, 2.45) is 11.3 Å². The topological polar surface area (TPSA) is 18.5 Å². The number of rotatable bonds is 0. The third-order valence-corrected chi connectivity index (χ3v) is 1.79. The molecule has 0 aromatic rings. The van der Waals surface area contributed by atoms with Gasteiger partial charge >= 0.3 is 0 Å². The lowest BCUT2D eigenvalue weighted by Gasteiger charge is -2.33. The molecule has 2 aliphatic rings. The van der Waals surface area contributed by atoms with E-state index in [0.717, 1.165) is 32.3 Å². The Hall–Kier alpha value is -0.0800. The van der Waals surface area contributed by atoms with Crippen LogP contribution in [0.25, 0.3) is 0 Å². The molecule has 0 bridgehead atoms. The molecule has 0 aromatic heterocycles. The molecule has 0 aromatic carbocycles. The maximum absolute atomic E-state index is 4.94. The van der Waals surface area contributed by atoms with Crippen molar-refractivity contribution < 1.29 is 9.47 Å². The molecule has 0 unspecified atom stereocenters. The van der Waals surface area contributed by atoms with Gasteiger partial charge in [0.2, 0.25) is 0 Å². The third-order valence-electron chi connectivity index (χ3n) is 1.79. The van der Waals surface area contributed by atoms with Gasteiger partial charge in [-0.05, 0) is 0 Å². The first-order valence-electron chi connectivity index (χ1n) is 4.26. The normalized spacial score (nSPS) is 27.5. The van der Waals surface area contributed by atoms with Gasteiger partial charge in [0.05, 0.1) is 26.4 Å². The summed E-state index contributed by atoms with van der Waals surface area (Å²) in [6, 6.07) is 0. The molecule has 2 heterocycles. The van der Waals surface area contributed by atoms with Crippen LogP contribution in [-0.2, 0) is 9.47 Å². The summed E-state index contributed by atoms with van der Waals surface area (Å²) in [4.78, 5) is 0. The molecule has 0 N–H and O–H groups in total. The molecule has 2 saturated heterocycles. The van der Waals surface area contributed by atoms with Crippen LogP contribution in [-0.4, -0.2) is 26.4 Å². The monoisotopic (exact) mass is 158 g/mol. The van der Waals surface area contributed by atoms with Gasteiger partial charge in [0.1, 0.15) is 0 Å². The summed E-state index contributed by atoms with van der Waals surface area (Å²) in [6.45, 7) is 10.5. The molecule has 2 fully saturated rings. The molecule has 2 aliphatic heterocycles. The summed E-state index contributed by atoms with van der Waals surface area (Å²) in [7, 11) is 0. The van der Waals surface area contributed by atoms with Crippen LogP contribution in [0.3, 0.4) is 0 Å².